The Morgan fingerprint density at radius 3 is 1.83 bits per heavy atom. The Morgan fingerprint density at radius 1 is 0.792 bits per heavy atom. The predicted octanol–water partition coefficient (Wildman–Crippen LogP) is 5.41. The van der Waals surface area contributed by atoms with Gasteiger partial charge in [0.05, 0.1) is 6.61 Å². The van der Waals surface area contributed by atoms with Gasteiger partial charge in [-0.25, -0.2) is 4.18 Å². The van der Waals surface area contributed by atoms with Gasteiger partial charge in [-0.1, -0.05) is 82.9 Å². The Bertz CT molecular complexity index is 491. The normalized spacial score (nSPS) is 11.0. The van der Waals surface area contributed by atoms with Crippen LogP contribution in [-0.4, -0.2) is 15.0 Å². The zero-order valence-corrected chi connectivity index (χ0v) is 15.7. The van der Waals surface area contributed by atoms with Crippen molar-refractivity contribution in [2.75, 3.05) is 6.61 Å². The van der Waals surface area contributed by atoms with E-state index in [1.807, 2.05) is 0 Å². The van der Waals surface area contributed by atoms with Gasteiger partial charge in [0.25, 0.3) is 0 Å². The molecule has 0 aliphatic carbocycles. The maximum Gasteiger partial charge on any atom is 0.449 e. The van der Waals surface area contributed by atoms with Gasteiger partial charge in [-0.3, -0.25) is 0 Å². The van der Waals surface area contributed by atoms with Crippen LogP contribution >= 0.6 is 0 Å². The molecule has 0 fully saturated rings. The largest absolute Gasteiger partial charge is 0.449 e. The molecule has 0 saturated heterocycles. The van der Waals surface area contributed by atoms with Gasteiger partial charge in [-0.2, -0.15) is 8.42 Å². The first-order chi connectivity index (χ1) is 11.1. The third kappa shape index (κ3) is 12.3. The van der Waals surface area contributed by atoms with Crippen LogP contribution in [0.25, 0.3) is 0 Å². The highest BCUT2D eigenvalue weighted by molar-refractivity contribution is 7.82. The van der Waals surface area contributed by atoms with Gasteiger partial charge < -0.3 is 10.3 Å². The molecule has 0 unspecified atom stereocenters. The van der Waals surface area contributed by atoms with E-state index in [1.54, 1.807) is 30.3 Å². The molecule has 5 nitrogen and oxygen atoms in total. The fourth-order valence-corrected chi connectivity index (χ4v) is 3.09. The summed E-state index contributed by atoms with van der Waals surface area (Å²) in [6.07, 6.45) is 12.0. The van der Waals surface area contributed by atoms with Crippen molar-refractivity contribution in [1.82, 2.24) is 6.15 Å². The minimum atomic E-state index is -3.94. The average Bonchev–Trinajstić information content (AvgIpc) is 2.53. The molecule has 0 radical (unpaired) electrons. The lowest BCUT2D eigenvalue weighted by Gasteiger charge is -2.07. The van der Waals surface area contributed by atoms with Crippen LogP contribution in [0.1, 0.15) is 71.1 Å². The number of hydrogen-bond acceptors (Lipinski definition) is 5. The highest BCUT2D eigenvalue weighted by Crippen LogP contribution is 2.13. The monoisotopic (exact) mass is 359 g/mol. The molecular formula is C18H33NO4S. The zero-order valence-electron chi connectivity index (χ0n) is 14.9. The van der Waals surface area contributed by atoms with E-state index in [1.165, 1.54) is 44.9 Å². The van der Waals surface area contributed by atoms with Crippen LogP contribution in [0.4, 0.5) is 0 Å². The van der Waals surface area contributed by atoms with Crippen LogP contribution in [0.15, 0.2) is 30.3 Å². The quantitative estimate of drug-likeness (QED) is 0.449. The van der Waals surface area contributed by atoms with Gasteiger partial charge in [0.2, 0.25) is 0 Å². The van der Waals surface area contributed by atoms with Gasteiger partial charge >= 0.3 is 10.4 Å². The molecule has 0 spiro atoms. The molecule has 0 heterocycles. The molecule has 0 aliphatic rings. The summed E-state index contributed by atoms with van der Waals surface area (Å²) in [5, 5.41) is 0. The fourth-order valence-electron chi connectivity index (χ4n) is 2.37. The summed E-state index contributed by atoms with van der Waals surface area (Å²) < 4.78 is 32.9. The molecule has 3 N–H and O–H groups in total. The summed E-state index contributed by atoms with van der Waals surface area (Å²) in [7, 11) is -3.94. The van der Waals surface area contributed by atoms with E-state index in [2.05, 4.69) is 6.92 Å². The second-order valence-electron chi connectivity index (χ2n) is 5.81. The van der Waals surface area contributed by atoms with Crippen molar-refractivity contribution in [1.29, 1.82) is 0 Å². The SMILES string of the molecule is CCCCCCCCCCCCOS(=O)(=O)Oc1ccccc1.N. The summed E-state index contributed by atoms with van der Waals surface area (Å²) >= 11 is 0. The fraction of sp³-hybridized carbons (Fsp3) is 0.667. The molecule has 0 aliphatic heterocycles. The van der Waals surface area contributed by atoms with Crippen molar-refractivity contribution in [2.24, 2.45) is 0 Å². The Labute approximate surface area is 147 Å². The summed E-state index contributed by atoms with van der Waals surface area (Å²) in [6, 6.07) is 8.40. The van der Waals surface area contributed by atoms with Crippen molar-refractivity contribution in [3.05, 3.63) is 30.3 Å². The van der Waals surface area contributed by atoms with Gasteiger partial charge in [0.15, 0.2) is 0 Å². The minimum Gasteiger partial charge on any atom is -0.362 e. The first-order valence-corrected chi connectivity index (χ1v) is 10.1. The average molecular weight is 360 g/mol. The lowest BCUT2D eigenvalue weighted by Crippen LogP contribution is -2.14. The van der Waals surface area contributed by atoms with Crippen molar-refractivity contribution in [2.45, 2.75) is 71.1 Å². The van der Waals surface area contributed by atoms with E-state index in [0.29, 0.717) is 0 Å². The van der Waals surface area contributed by atoms with Gasteiger partial charge in [0.1, 0.15) is 5.75 Å². The molecule has 0 atom stereocenters. The number of benzene rings is 1. The van der Waals surface area contributed by atoms with Gasteiger partial charge in [-0.15, -0.1) is 0 Å². The second-order valence-corrected chi connectivity index (χ2v) is 7.03. The second kappa shape index (κ2) is 14.3. The molecule has 6 heteroatoms. The zero-order chi connectivity index (χ0) is 16.8. The lowest BCUT2D eigenvalue weighted by atomic mass is 10.1. The summed E-state index contributed by atoms with van der Waals surface area (Å²) in [5.74, 6) is 0.274. The first kappa shape index (κ1) is 22.9. The number of rotatable bonds is 14. The molecule has 1 aromatic rings. The third-order valence-electron chi connectivity index (χ3n) is 3.67. The van der Waals surface area contributed by atoms with Crippen molar-refractivity contribution in [3.63, 3.8) is 0 Å². The highest BCUT2D eigenvalue weighted by Gasteiger charge is 2.12. The number of para-hydroxylation sites is 1. The highest BCUT2D eigenvalue weighted by atomic mass is 32.3. The van der Waals surface area contributed by atoms with E-state index >= 15 is 0 Å². The van der Waals surface area contributed by atoms with Crippen LogP contribution in [0.3, 0.4) is 0 Å². The van der Waals surface area contributed by atoms with E-state index in [-0.39, 0.29) is 18.5 Å². The Hall–Kier alpha value is -1.11. The van der Waals surface area contributed by atoms with E-state index < -0.39 is 10.4 Å². The summed E-state index contributed by atoms with van der Waals surface area (Å²) in [6.45, 7) is 2.42. The molecule has 0 bridgehead atoms. The molecule has 1 aromatic carbocycles. The molecule has 0 saturated carbocycles. The van der Waals surface area contributed by atoms with E-state index in [4.69, 9.17) is 8.37 Å². The van der Waals surface area contributed by atoms with Crippen LogP contribution in [0, 0.1) is 0 Å². The lowest BCUT2D eigenvalue weighted by molar-refractivity contribution is 0.265. The Balaban J connectivity index is 0.00000529. The molecular weight excluding hydrogens is 326 g/mol. The summed E-state index contributed by atoms with van der Waals surface area (Å²) in [4.78, 5) is 0. The predicted molar refractivity (Wildman–Crippen MR) is 98.8 cm³/mol. The molecule has 0 aromatic heterocycles. The van der Waals surface area contributed by atoms with E-state index in [0.717, 1.165) is 19.3 Å². The van der Waals surface area contributed by atoms with Gasteiger partial charge in [0, 0.05) is 0 Å². The van der Waals surface area contributed by atoms with E-state index in [9.17, 15) is 8.42 Å². The van der Waals surface area contributed by atoms with Crippen LogP contribution < -0.4 is 10.3 Å². The van der Waals surface area contributed by atoms with Crippen molar-refractivity contribution < 1.29 is 16.8 Å². The first-order valence-electron chi connectivity index (χ1n) is 8.78. The Morgan fingerprint density at radius 2 is 1.29 bits per heavy atom. The summed E-state index contributed by atoms with van der Waals surface area (Å²) in [5.41, 5.74) is 0. The topological polar surface area (TPSA) is 87.6 Å². The molecule has 0 amide bonds. The van der Waals surface area contributed by atoms with Crippen LogP contribution in [0.5, 0.6) is 5.75 Å². The van der Waals surface area contributed by atoms with Crippen LogP contribution in [0.2, 0.25) is 0 Å². The number of hydrogen-bond donors (Lipinski definition) is 1. The van der Waals surface area contributed by atoms with Crippen LogP contribution in [-0.2, 0) is 14.6 Å². The molecule has 1 rings (SSSR count). The van der Waals surface area contributed by atoms with Gasteiger partial charge in [-0.05, 0) is 18.6 Å². The standard InChI is InChI=1S/C18H30O4S.H3N/c1-2-3-4-5-6-7-8-9-10-14-17-21-23(19,20)22-18-15-12-11-13-16-18;/h11-13,15-16H,2-10,14,17H2,1H3;1H3. The number of unbranched alkanes of at least 4 members (excludes halogenated alkanes) is 9. The van der Waals surface area contributed by atoms with Crippen molar-refractivity contribution in [3.8, 4) is 5.75 Å². The Kier molecular flexibility index (Phi) is 13.6. The van der Waals surface area contributed by atoms with Crippen molar-refractivity contribution >= 4 is 10.4 Å². The minimum absolute atomic E-state index is 0. The third-order valence-corrected chi connectivity index (χ3v) is 4.52. The maximum atomic E-state index is 11.6. The molecule has 140 valence electrons. The molecule has 24 heavy (non-hydrogen) atoms. The smallest absolute Gasteiger partial charge is 0.362 e. The maximum absolute atomic E-state index is 11.6.